The Morgan fingerprint density at radius 2 is 1.67 bits per heavy atom. The van der Waals surface area contributed by atoms with Crippen molar-refractivity contribution in [1.82, 2.24) is 4.57 Å². The highest BCUT2D eigenvalue weighted by molar-refractivity contribution is 7.83. The summed E-state index contributed by atoms with van der Waals surface area (Å²) < 4.78 is 19.0. The minimum atomic E-state index is -1.02. The molecule has 4 aromatic rings. The Bertz CT molecular complexity index is 1340. The molecule has 3 aromatic carbocycles. The van der Waals surface area contributed by atoms with Gasteiger partial charge in [0.05, 0.1) is 16.8 Å². The number of rotatable bonds is 8. The third-order valence-corrected chi connectivity index (χ3v) is 6.22. The second-order valence-electron chi connectivity index (χ2n) is 7.77. The van der Waals surface area contributed by atoms with Crippen molar-refractivity contribution in [1.29, 1.82) is 0 Å². The number of fused-ring (bicyclic) bond motifs is 1. The number of carbonyl (C=O) groups is 2. The van der Waals surface area contributed by atoms with Crippen LogP contribution >= 0.6 is 0 Å². The van der Waals surface area contributed by atoms with Gasteiger partial charge in [-0.2, -0.15) is 0 Å². The first-order valence-electron chi connectivity index (χ1n) is 10.8. The second-order valence-corrected chi connectivity index (χ2v) is 9.20. The Hall–Kier alpha value is -3.51. The van der Waals surface area contributed by atoms with Gasteiger partial charge >= 0.3 is 5.97 Å². The number of hydrogen-bond acceptors (Lipinski definition) is 4. The SMILES string of the molecule is CCn1c(-c2ccccc2)c(C(=O)COC(=O)c2cccc(C[S@](C)=O)c2)c2ccccc21. The number of nitrogens with zero attached hydrogens (tertiary/aromatic N) is 1. The fourth-order valence-corrected chi connectivity index (χ4v) is 4.77. The molecule has 0 unspecified atom stereocenters. The Labute approximate surface area is 195 Å². The zero-order chi connectivity index (χ0) is 23.4. The molecule has 4 rings (SSSR count). The lowest BCUT2D eigenvalue weighted by atomic mass is 10.0. The zero-order valence-corrected chi connectivity index (χ0v) is 19.4. The highest BCUT2D eigenvalue weighted by Gasteiger charge is 2.24. The summed E-state index contributed by atoms with van der Waals surface area (Å²) in [6, 6.07) is 24.4. The van der Waals surface area contributed by atoms with Crippen LogP contribution < -0.4 is 0 Å². The maximum absolute atomic E-state index is 13.4. The van der Waals surface area contributed by atoms with Gasteiger partial charge in [0, 0.05) is 40.3 Å². The summed E-state index contributed by atoms with van der Waals surface area (Å²) in [5, 5.41) is 0.840. The number of esters is 1. The first-order chi connectivity index (χ1) is 16.0. The fraction of sp³-hybridized carbons (Fsp3) is 0.185. The number of ketones is 1. The molecule has 0 fully saturated rings. The standard InChI is InChI=1S/C27H25NO4S/c1-3-28-23-15-8-7-14-22(23)25(26(28)20-11-5-4-6-12-20)24(29)17-32-27(30)21-13-9-10-19(16-21)18-33(2)31/h4-16H,3,17-18H2,1-2H3/t33-/m0/s1. The van der Waals surface area contributed by atoms with Crippen LogP contribution in [0.1, 0.15) is 33.2 Å². The van der Waals surface area contributed by atoms with E-state index in [1.165, 1.54) is 0 Å². The quantitative estimate of drug-likeness (QED) is 0.267. The molecule has 0 aliphatic heterocycles. The van der Waals surface area contributed by atoms with E-state index in [-0.39, 0.29) is 12.4 Å². The first kappa shape index (κ1) is 22.7. The number of aromatic nitrogens is 1. The van der Waals surface area contributed by atoms with Crippen LogP contribution in [0.25, 0.3) is 22.2 Å². The molecule has 0 spiro atoms. The Morgan fingerprint density at radius 3 is 2.39 bits per heavy atom. The summed E-state index contributed by atoms with van der Waals surface area (Å²) in [5.74, 6) is -0.471. The van der Waals surface area contributed by atoms with Crippen LogP contribution in [-0.2, 0) is 27.8 Å². The van der Waals surface area contributed by atoms with Crippen LogP contribution in [0.4, 0.5) is 0 Å². The van der Waals surface area contributed by atoms with Gasteiger partial charge in [0.1, 0.15) is 0 Å². The van der Waals surface area contributed by atoms with Crippen molar-refractivity contribution >= 4 is 33.5 Å². The summed E-state index contributed by atoms with van der Waals surface area (Å²) in [4.78, 5) is 26.0. The number of Topliss-reactive ketones (excluding diaryl/α,β-unsaturated/α-hetero) is 1. The highest BCUT2D eigenvalue weighted by atomic mass is 32.2. The maximum atomic E-state index is 13.4. The molecule has 1 heterocycles. The zero-order valence-electron chi connectivity index (χ0n) is 18.6. The van der Waals surface area contributed by atoms with Gasteiger partial charge in [0.25, 0.3) is 0 Å². The van der Waals surface area contributed by atoms with E-state index in [0.717, 1.165) is 27.7 Å². The monoisotopic (exact) mass is 459 g/mol. The number of carbonyl (C=O) groups excluding carboxylic acids is 2. The molecule has 0 amide bonds. The minimum absolute atomic E-state index is 0.253. The largest absolute Gasteiger partial charge is 0.454 e. The summed E-state index contributed by atoms with van der Waals surface area (Å²) in [6.45, 7) is 2.38. The molecule has 0 radical (unpaired) electrons. The van der Waals surface area contributed by atoms with Crippen LogP contribution in [0.15, 0.2) is 78.9 Å². The average molecular weight is 460 g/mol. The van der Waals surface area contributed by atoms with Gasteiger partial charge in [-0.15, -0.1) is 0 Å². The van der Waals surface area contributed by atoms with Crippen molar-refractivity contribution in [2.24, 2.45) is 0 Å². The highest BCUT2D eigenvalue weighted by Crippen LogP contribution is 2.34. The van der Waals surface area contributed by atoms with Gasteiger partial charge in [-0.05, 0) is 36.2 Å². The van der Waals surface area contributed by atoms with Gasteiger partial charge in [-0.25, -0.2) is 4.79 Å². The van der Waals surface area contributed by atoms with Crippen molar-refractivity contribution in [2.75, 3.05) is 12.9 Å². The molecule has 33 heavy (non-hydrogen) atoms. The molecule has 0 N–H and O–H groups in total. The van der Waals surface area contributed by atoms with E-state index in [1.54, 1.807) is 24.5 Å². The number of benzene rings is 3. The van der Waals surface area contributed by atoms with Gasteiger partial charge in [-0.1, -0.05) is 60.7 Å². The van der Waals surface area contributed by atoms with Crippen molar-refractivity contribution in [2.45, 2.75) is 19.2 Å². The molecule has 1 atom stereocenters. The molecule has 5 nitrogen and oxygen atoms in total. The average Bonchev–Trinajstić information content (AvgIpc) is 3.17. The predicted molar refractivity (Wildman–Crippen MR) is 132 cm³/mol. The molecular weight excluding hydrogens is 434 g/mol. The third-order valence-electron chi connectivity index (χ3n) is 5.48. The third kappa shape index (κ3) is 4.81. The van der Waals surface area contributed by atoms with E-state index in [2.05, 4.69) is 4.57 Å². The van der Waals surface area contributed by atoms with Crippen molar-refractivity contribution in [3.05, 3.63) is 95.6 Å². The van der Waals surface area contributed by atoms with Gasteiger partial charge < -0.3 is 9.30 Å². The van der Waals surface area contributed by atoms with Crippen LogP contribution in [-0.4, -0.2) is 33.4 Å². The summed E-state index contributed by atoms with van der Waals surface area (Å²) >= 11 is 0. The minimum Gasteiger partial charge on any atom is -0.454 e. The fourth-order valence-electron chi connectivity index (χ4n) is 4.12. The Morgan fingerprint density at radius 1 is 0.939 bits per heavy atom. The summed E-state index contributed by atoms with van der Waals surface area (Å²) in [6.07, 6.45) is 1.61. The van der Waals surface area contributed by atoms with Crippen LogP contribution in [0.5, 0.6) is 0 Å². The second kappa shape index (κ2) is 9.96. The van der Waals surface area contributed by atoms with E-state index in [0.29, 0.717) is 23.4 Å². The van der Waals surface area contributed by atoms with E-state index in [1.807, 2.05) is 67.6 Å². The Kier molecular flexibility index (Phi) is 6.84. The Balaban J connectivity index is 1.65. The van der Waals surface area contributed by atoms with Crippen molar-refractivity contribution in [3.8, 4) is 11.3 Å². The van der Waals surface area contributed by atoms with Gasteiger partial charge in [0.15, 0.2) is 6.61 Å². The van der Waals surface area contributed by atoms with Gasteiger partial charge in [0.2, 0.25) is 5.78 Å². The molecule has 6 heteroatoms. The topological polar surface area (TPSA) is 65.4 Å². The van der Waals surface area contributed by atoms with Crippen molar-refractivity contribution in [3.63, 3.8) is 0 Å². The number of hydrogen-bond donors (Lipinski definition) is 0. The smallest absolute Gasteiger partial charge is 0.338 e. The number of aryl methyl sites for hydroxylation is 1. The van der Waals surface area contributed by atoms with E-state index < -0.39 is 16.8 Å². The van der Waals surface area contributed by atoms with Gasteiger partial charge in [-0.3, -0.25) is 9.00 Å². The van der Waals surface area contributed by atoms with Crippen LogP contribution in [0.3, 0.4) is 0 Å². The lowest BCUT2D eigenvalue weighted by molar-refractivity contribution is 0.0475. The van der Waals surface area contributed by atoms with Crippen LogP contribution in [0, 0.1) is 0 Å². The summed E-state index contributed by atoms with van der Waals surface area (Å²) in [5.41, 5.74) is 4.41. The lowest BCUT2D eigenvalue weighted by Gasteiger charge is -2.11. The number of ether oxygens (including phenoxy) is 1. The van der Waals surface area contributed by atoms with E-state index >= 15 is 0 Å². The van der Waals surface area contributed by atoms with E-state index in [9.17, 15) is 13.8 Å². The lowest BCUT2D eigenvalue weighted by Crippen LogP contribution is -2.15. The van der Waals surface area contributed by atoms with E-state index in [4.69, 9.17) is 4.74 Å². The predicted octanol–water partition coefficient (Wildman–Crippen LogP) is 5.25. The molecule has 0 saturated carbocycles. The number of para-hydroxylation sites is 1. The molecule has 0 aliphatic rings. The molecule has 0 saturated heterocycles. The maximum Gasteiger partial charge on any atom is 0.338 e. The molecule has 0 bridgehead atoms. The molecular formula is C27H25NO4S. The normalized spacial score (nSPS) is 11.9. The molecule has 168 valence electrons. The first-order valence-corrected chi connectivity index (χ1v) is 12.5. The summed E-state index contributed by atoms with van der Waals surface area (Å²) in [7, 11) is -1.02. The van der Waals surface area contributed by atoms with Crippen LogP contribution in [0.2, 0.25) is 0 Å². The molecule has 0 aliphatic carbocycles. The molecule has 1 aromatic heterocycles. The van der Waals surface area contributed by atoms with Crippen molar-refractivity contribution < 1.29 is 18.5 Å².